The van der Waals surface area contributed by atoms with Gasteiger partial charge in [-0.25, -0.2) is 4.39 Å². The van der Waals surface area contributed by atoms with Gasteiger partial charge in [-0.05, 0) is 29.3 Å². The monoisotopic (exact) mass is 518 g/mol. The highest BCUT2D eigenvalue weighted by atomic mass is 127. The minimum atomic E-state index is -0.340. The van der Waals surface area contributed by atoms with Crippen molar-refractivity contribution in [3.63, 3.8) is 0 Å². The summed E-state index contributed by atoms with van der Waals surface area (Å²) in [5.74, 6) is 0.212. The standard InChI is InChI=1S/C20H24ClFN4O.HI/c1-23-20(26(2)14-16-7-3-4-9-18(16)21)25-11-10-24-19(27)13-15-6-5-8-17(22)12-15;/h3-9,12H,10-11,13-14H2,1-2H3,(H,23,25)(H,24,27);1H. The molecule has 0 fully saturated rings. The van der Waals surface area contributed by atoms with Crippen molar-refractivity contribution < 1.29 is 9.18 Å². The Kier molecular flexibility index (Phi) is 10.8. The smallest absolute Gasteiger partial charge is 0.224 e. The number of guanidine groups is 1. The lowest BCUT2D eigenvalue weighted by Gasteiger charge is -2.22. The molecule has 8 heteroatoms. The second-order valence-corrected chi connectivity index (χ2v) is 6.49. The molecular weight excluding hydrogens is 494 g/mol. The Hall–Kier alpha value is -1.87. The predicted molar refractivity (Wildman–Crippen MR) is 123 cm³/mol. The van der Waals surface area contributed by atoms with E-state index in [1.165, 1.54) is 12.1 Å². The molecule has 0 spiro atoms. The van der Waals surface area contributed by atoms with Crippen molar-refractivity contribution in [2.45, 2.75) is 13.0 Å². The first-order valence-electron chi connectivity index (χ1n) is 8.66. The molecule has 0 saturated carbocycles. The van der Waals surface area contributed by atoms with Crippen molar-refractivity contribution >= 4 is 47.4 Å². The summed E-state index contributed by atoms with van der Waals surface area (Å²) in [6, 6.07) is 13.7. The van der Waals surface area contributed by atoms with Gasteiger partial charge in [0, 0.05) is 38.8 Å². The second kappa shape index (κ2) is 12.6. The number of nitrogens with one attached hydrogen (secondary N) is 2. The van der Waals surface area contributed by atoms with Gasteiger partial charge in [0.05, 0.1) is 6.42 Å². The first-order chi connectivity index (χ1) is 13.0. The van der Waals surface area contributed by atoms with Gasteiger partial charge in [-0.3, -0.25) is 9.79 Å². The number of hydrogen-bond acceptors (Lipinski definition) is 2. The Bertz CT molecular complexity index is 803. The third kappa shape index (κ3) is 8.02. The van der Waals surface area contributed by atoms with Crippen molar-refractivity contribution in [1.29, 1.82) is 0 Å². The lowest BCUT2D eigenvalue weighted by atomic mass is 10.1. The topological polar surface area (TPSA) is 56.7 Å². The molecule has 152 valence electrons. The molecule has 2 rings (SSSR count). The molecule has 1 amide bonds. The molecule has 28 heavy (non-hydrogen) atoms. The van der Waals surface area contributed by atoms with E-state index in [4.69, 9.17) is 11.6 Å². The van der Waals surface area contributed by atoms with E-state index in [9.17, 15) is 9.18 Å². The van der Waals surface area contributed by atoms with Crippen LogP contribution in [0, 0.1) is 5.82 Å². The minimum Gasteiger partial charge on any atom is -0.354 e. The van der Waals surface area contributed by atoms with Crippen molar-refractivity contribution in [2.75, 3.05) is 27.2 Å². The largest absolute Gasteiger partial charge is 0.354 e. The van der Waals surface area contributed by atoms with Crippen LogP contribution in [0.2, 0.25) is 5.02 Å². The predicted octanol–water partition coefficient (Wildman–Crippen LogP) is 3.46. The minimum absolute atomic E-state index is 0. The molecule has 0 aliphatic heterocycles. The van der Waals surface area contributed by atoms with Crippen LogP contribution in [-0.4, -0.2) is 44.0 Å². The third-order valence-electron chi connectivity index (χ3n) is 3.92. The molecule has 0 aliphatic carbocycles. The summed E-state index contributed by atoms with van der Waals surface area (Å²) in [5.41, 5.74) is 1.66. The molecular formula is C20H25ClFIN4O. The van der Waals surface area contributed by atoms with E-state index in [1.54, 1.807) is 19.2 Å². The van der Waals surface area contributed by atoms with Crippen LogP contribution in [0.3, 0.4) is 0 Å². The zero-order valence-corrected chi connectivity index (χ0v) is 19.0. The zero-order valence-electron chi connectivity index (χ0n) is 15.9. The number of rotatable bonds is 7. The molecule has 0 radical (unpaired) electrons. The maximum Gasteiger partial charge on any atom is 0.224 e. The van der Waals surface area contributed by atoms with Gasteiger partial charge in [0.2, 0.25) is 5.91 Å². The summed E-state index contributed by atoms with van der Waals surface area (Å²) in [6.45, 7) is 1.58. The molecule has 0 unspecified atom stereocenters. The number of nitrogens with zero attached hydrogens (tertiary/aromatic N) is 2. The fourth-order valence-corrected chi connectivity index (χ4v) is 2.81. The van der Waals surface area contributed by atoms with E-state index in [0.717, 1.165) is 5.56 Å². The summed E-state index contributed by atoms with van der Waals surface area (Å²) in [4.78, 5) is 18.1. The van der Waals surface area contributed by atoms with Gasteiger partial charge >= 0.3 is 0 Å². The number of halogens is 3. The molecule has 0 aliphatic rings. The van der Waals surface area contributed by atoms with E-state index in [1.807, 2.05) is 36.2 Å². The van der Waals surface area contributed by atoms with Crippen molar-refractivity contribution in [2.24, 2.45) is 4.99 Å². The summed E-state index contributed by atoms with van der Waals surface area (Å²) in [6.07, 6.45) is 0.152. The van der Waals surface area contributed by atoms with Crippen LogP contribution in [0.15, 0.2) is 53.5 Å². The fourth-order valence-electron chi connectivity index (χ4n) is 2.61. The number of carbonyl (C=O) groups excluding carboxylic acids is 1. The summed E-state index contributed by atoms with van der Waals surface area (Å²) >= 11 is 6.20. The third-order valence-corrected chi connectivity index (χ3v) is 4.29. The molecule has 5 nitrogen and oxygen atoms in total. The van der Waals surface area contributed by atoms with Crippen LogP contribution in [0.25, 0.3) is 0 Å². The summed E-state index contributed by atoms with van der Waals surface area (Å²) < 4.78 is 13.1. The van der Waals surface area contributed by atoms with Gasteiger partial charge in [0.1, 0.15) is 5.82 Å². The zero-order chi connectivity index (χ0) is 19.6. The molecule has 2 N–H and O–H groups in total. The molecule has 2 aromatic carbocycles. The fraction of sp³-hybridized carbons (Fsp3) is 0.300. The Labute approximate surface area is 187 Å². The first kappa shape index (κ1) is 24.2. The van der Waals surface area contributed by atoms with Crippen LogP contribution in [0.4, 0.5) is 4.39 Å². The Morgan fingerprint density at radius 3 is 2.54 bits per heavy atom. The normalized spacial score (nSPS) is 10.8. The Morgan fingerprint density at radius 2 is 1.86 bits per heavy atom. The van der Waals surface area contributed by atoms with E-state index in [2.05, 4.69) is 15.6 Å². The second-order valence-electron chi connectivity index (χ2n) is 6.08. The van der Waals surface area contributed by atoms with Crippen LogP contribution >= 0.6 is 35.6 Å². The van der Waals surface area contributed by atoms with Crippen molar-refractivity contribution in [3.8, 4) is 0 Å². The molecule has 2 aromatic rings. The molecule has 0 saturated heterocycles. The SMILES string of the molecule is CN=C(NCCNC(=O)Cc1cccc(F)c1)N(C)Cc1ccccc1Cl.I. The molecule has 0 bridgehead atoms. The highest BCUT2D eigenvalue weighted by molar-refractivity contribution is 14.0. The summed E-state index contributed by atoms with van der Waals surface area (Å²) in [7, 11) is 3.62. The lowest BCUT2D eigenvalue weighted by molar-refractivity contribution is -0.120. The van der Waals surface area contributed by atoms with Gasteiger partial charge in [-0.2, -0.15) is 0 Å². The Morgan fingerprint density at radius 1 is 1.14 bits per heavy atom. The number of benzene rings is 2. The molecule has 0 atom stereocenters. The van der Waals surface area contributed by atoms with Crippen LogP contribution < -0.4 is 10.6 Å². The van der Waals surface area contributed by atoms with Gasteiger partial charge in [-0.15, -0.1) is 24.0 Å². The molecule has 0 heterocycles. The van der Waals surface area contributed by atoms with E-state index >= 15 is 0 Å². The maximum atomic E-state index is 13.1. The summed E-state index contributed by atoms with van der Waals surface area (Å²) in [5, 5.41) is 6.72. The quantitative estimate of drug-likeness (QED) is 0.255. The Balaban J connectivity index is 0.00000392. The molecule has 0 aromatic heterocycles. The van der Waals surface area contributed by atoms with Crippen molar-refractivity contribution in [3.05, 3.63) is 70.5 Å². The van der Waals surface area contributed by atoms with Crippen LogP contribution in [0.5, 0.6) is 0 Å². The lowest BCUT2D eigenvalue weighted by Crippen LogP contribution is -2.42. The number of hydrogen-bond donors (Lipinski definition) is 2. The number of carbonyl (C=O) groups is 1. The average Bonchev–Trinajstić information content (AvgIpc) is 2.63. The first-order valence-corrected chi connectivity index (χ1v) is 9.03. The maximum absolute atomic E-state index is 13.1. The van der Waals surface area contributed by atoms with Crippen molar-refractivity contribution in [1.82, 2.24) is 15.5 Å². The van der Waals surface area contributed by atoms with Crippen LogP contribution in [0.1, 0.15) is 11.1 Å². The van der Waals surface area contributed by atoms with Gasteiger partial charge in [0.25, 0.3) is 0 Å². The van der Waals surface area contributed by atoms with E-state index in [-0.39, 0.29) is 42.1 Å². The van der Waals surface area contributed by atoms with E-state index in [0.29, 0.717) is 36.2 Å². The average molecular weight is 519 g/mol. The number of aliphatic imine (C=N–C) groups is 1. The van der Waals surface area contributed by atoms with Gasteiger partial charge in [-0.1, -0.05) is 41.9 Å². The highest BCUT2D eigenvalue weighted by Gasteiger charge is 2.09. The van der Waals surface area contributed by atoms with Gasteiger partial charge < -0.3 is 15.5 Å². The number of amides is 1. The highest BCUT2D eigenvalue weighted by Crippen LogP contribution is 2.16. The van der Waals surface area contributed by atoms with E-state index < -0.39 is 0 Å². The van der Waals surface area contributed by atoms with Gasteiger partial charge in [0.15, 0.2) is 5.96 Å². The van der Waals surface area contributed by atoms with Crippen LogP contribution in [-0.2, 0) is 17.8 Å².